The fourth-order valence-corrected chi connectivity index (χ4v) is 6.54. The number of carbonyl (C=O) groups is 1. The SMILES string of the molecule is CCc1nn(-c2ccc(OC)cc2)c2c1CCN(c1ccccc1)C2=O.COc1ccc([C@H]2C[C@@H]2CO)cc1OC1CCCC1. The molecule has 2 heterocycles. The number of rotatable bonds is 9. The molecule has 1 aliphatic heterocycles. The average Bonchev–Trinajstić information content (AvgIpc) is 3.51. The number of para-hydroxylation sites is 1. The van der Waals surface area contributed by atoms with Crippen molar-refractivity contribution in [2.45, 2.75) is 63.9 Å². The number of nitrogens with zero attached hydrogens (tertiary/aromatic N) is 3. The van der Waals surface area contributed by atoms with Crippen LogP contribution in [0.25, 0.3) is 5.69 Å². The third-order valence-electron chi connectivity index (χ3n) is 9.19. The van der Waals surface area contributed by atoms with E-state index in [4.69, 9.17) is 19.3 Å². The molecule has 3 aromatic carbocycles. The number of ether oxygens (including phenoxy) is 3. The molecule has 1 amide bonds. The van der Waals surface area contributed by atoms with E-state index >= 15 is 0 Å². The van der Waals surface area contributed by atoms with Crippen LogP contribution in [0.5, 0.6) is 17.2 Å². The third-order valence-corrected chi connectivity index (χ3v) is 9.19. The van der Waals surface area contributed by atoms with Crippen molar-refractivity contribution in [1.29, 1.82) is 0 Å². The van der Waals surface area contributed by atoms with Gasteiger partial charge in [-0.2, -0.15) is 5.10 Å². The molecule has 4 aromatic rings. The molecule has 3 aliphatic rings. The van der Waals surface area contributed by atoms with Gasteiger partial charge in [0.05, 0.1) is 31.7 Å². The van der Waals surface area contributed by atoms with E-state index < -0.39 is 0 Å². The molecule has 0 saturated heterocycles. The first-order valence-corrected chi connectivity index (χ1v) is 16.1. The Morgan fingerprint density at radius 3 is 2.31 bits per heavy atom. The van der Waals surface area contributed by atoms with Crippen LogP contribution in [0.15, 0.2) is 72.8 Å². The van der Waals surface area contributed by atoms with Gasteiger partial charge in [0.25, 0.3) is 5.91 Å². The first-order valence-electron chi connectivity index (χ1n) is 16.1. The summed E-state index contributed by atoms with van der Waals surface area (Å²) in [4.78, 5) is 15.1. The molecule has 2 fully saturated rings. The minimum Gasteiger partial charge on any atom is -0.497 e. The molecule has 0 radical (unpaired) electrons. The lowest BCUT2D eigenvalue weighted by Gasteiger charge is -2.27. The summed E-state index contributed by atoms with van der Waals surface area (Å²) in [6, 6.07) is 23.6. The summed E-state index contributed by atoms with van der Waals surface area (Å²) in [5.74, 6) is 3.41. The van der Waals surface area contributed by atoms with Crippen molar-refractivity contribution in [3.8, 4) is 22.9 Å². The minimum atomic E-state index is 0.000433. The summed E-state index contributed by atoms with van der Waals surface area (Å²) in [6.45, 7) is 3.04. The van der Waals surface area contributed by atoms with Gasteiger partial charge in [-0.05, 0) is 111 Å². The molecule has 7 rings (SSSR count). The van der Waals surface area contributed by atoms with E-state index in [1.54, 1.807) is 18.9 Å². The van der Waals surface area contributed by atoms with Crippen LogP contribution >= 0.6 is 0 Å². The Labute approximate surface area is 265 Å². The number of carbonyl (C=O) groups excluding carboxylic acids is 1. The maximum atomic E-state index is 13.3. The summed E-state index contributed by atoms with van der Waals surface area (Å²) in [5, 5.41) is 13.9. The number of aliphatic hydroxyl groups is 1. The summed E-state index contributed by atoms with van der Waals surface area (Å²) in [6.07, 6.45) is 7.89. The Morgan fingerprint density at radius 1 is 0.911 bits per heavy atom. The molecule has 0 spiro atoms. The highest BCUT2D eigenvalue weighted by molar-refractivity contribution is 6.07. The Bertz CT molecular complexity index is 1590. The molecule has 45 heavy (non-hydrogen) atoms. The monoisotopic (exact) mass is 609 g/mol. The van der Waals surface area contributed by atoms with Crippen LogP contribution in [0.1, 0.15) is 72.3 Å². The number of hydrogen-bond donors (Lipinski definition) is 1. The second kappa shape index (κ2) is 13.8. The number of fused-ring (bicyclic) bond motifs is 1. The van der Waals surface area contributed by atoms with E-state index in [9.17, 15) is 9.90 Å². The Balaban J connectivity index is 0.000000167. The van der Waals surface area contributed by atoms with Crippen molar-refractivity contribution in [2.75, 3.05) is 32.3 Å². The van der Waals surface area contributed by atoms with Gasteiger partial charge in [0.15, 0.2) is 11.5 Å². The zero-order chi connectivity index (χ0) is 31.3. The standard InChI is InChI=1S/C21H21N3O2.C16H22O3/c1-3-19-18-13-14-23(15-7-5-4-6-8-15)21(25)20(18)24(22-19)16-9-11-17(26-2)12-10-16;1-18-15-7-6-11(14-8-12(14)10-17)9-16(15)19-13-4-2-3-5-13/h4-12H,3,13-14H2,1-2H3;6-7,9,12-14,17H,2-5,8,10H2,1H3/t;12-,14-/m.1/s1. The fourth-order valence-electron chi connectivity index (χ4n) is 6.54. The van der Waals surface area contributed by atoms with Crippen molar-refractivity contribution >= 4 is 11.6 Å². The molecule has 1 aromatic heterocycles. The fraction of sp³-hybridized carbons (Fsp3) is 0.405. The number of aliphatic hydroxyl groups excluding tert-OH is 1. The molecule has 0 bridgehead atoms. The maximum absolute atomic E-state index is 13.3. The summed E-state index contributed by atoms with van der Waals surface area (Å²) < 4.78 is 18.5. The second-order valence-electron chi connectivity index (χ2n) is 12.0. The molecular formula is C37H43N3O5. The van der Waals surface area contributed by atoms with Crippen LogP contribution in [-0.4, -0.2) is 54.3 Å². The predicted octanol–water partition coefficient (Wildman–Crippen LogP) is 6.76. The van der Waals surface area contributed by atoms with Crippen LogP contribution < -0.4 is 19.1 Å². The largest absolute Gasteiger partial charge is 0.497 e. The summed E-state index contributed by atoms with van der Waals surface area (Å²) >= 11 is 0. The van der Waals surface area contributed by atoms with E-state index in [1.165, 1.54) is 18.4 Å². The quantitative estimate of drug-likeness (QED) is 0.226. The maximum Gasteiger partial charge on any atom is 0.277 e. The highest BCUT2D eigenvalue weighted by Crippen LogP contribution is 2.49. The van der Waals surface area contributed by atoms with Gasteiger partial charge in [-0.15, -0.1) is 0 Å². The normalized spacial score (nSPS) is 19.0. The molecule has 2 saturated carbocycles. The Morgan fingerprint density at radius 2 is 1.67 bits per heavy atom. The van der Waals surface area contributed by atoms with Crippen LogP contribution in [0.3, 0.4) is 0 Å². The number of aryl methyl sites for hydroxylation is 1. The smallest absolute Gasteiger partial charge is 0.277 e. The number of amides is 1. The van der Waals surface area contributed by atoms with E-state index in [-0.39, 0.29) is 12.5 Å². The molecule has 0 unspecified atom stereocenters. The molecule has 8 heteroatoms. The van der Waals surface area contributed by atoms with Gasteiger partial charge in [0.2, 0.25) is 0 Å². The van der Waals surface area contributed by atoms with Gasteiger partial charge in [-0.3, -0.25) is 4.79 Å². The zero-order valence-electron chi connectivity index (χ0n) is 26.4. The minimum absolute atomic E-state index is 0.000433. The number of aromatic nitrogens is 2. The van der Waals surface area contributed by atoms with E-state index in [2.05, 4.69) is 19.1 Å². The van der Waals surface area contributed by atoms with Gasteiger partial charge in [0, 0.05) is 24.4 Å². The first kappa shape index (κ1) is 30.7. The first-order chi connectivity index (χ1) is 22.0. The topological polar surface area (TPSA) is 86.1 Å². The van der Waals surface area contributed by atoms with Gasteiger partial charge >= 0.3 is 0 Å². The Kier molecular flexibility index (Phi) is 9.40. The van der Waals surface area contributed by atoms with Crippen LogP contribution in [0.4, 0.5) is 5.69 Å². The predicted molar refractivity (Wildman–Crippen MR) is 175 cm³/mol. The van der Waals surface area contributed by atoms with Crippen molar-refractivity contribution in [3.63, 3.8) is 0 Å². The number of methoxy groups -OCH3 is 2. The molecule has 1 N–H and O–H groups in total. The van der Waals surface area contributed by atoms with E-state index in [0.717, 1.165) is 72.0 Å². The lowest BCUT2D eigenvalue weighted by atomic mass is 10.0. The number of benzene rings is 3. The lowest BCUT2D eigenvalue weighted by molar-refractivity contribution is 0.0973. The van der Waals surface area contributed by atoms with E-state index in [0.29, 0.717) is 30.2 Å². The Hall–Kier alpha value is -4.30. The van der Waals surface area contributed by atoms with Gasteiger partial charge < -0.3 is 24.2 Å². The van der Waals surface area contributed by atoms with Crippen LogP contribution in [0.2, 0.25) is 0 Å². The summed E-state index contributed by atoms with van der Waals surface area (Å²) in [7, 11) is 3.32. The molecule has 2 aliphatic carbocycles. The lowest BCUT2D eigenvalue weighted by Crippen LogP contribution is -2.38. The zero-order valence-corrected chi connectivity index (χ0v) is 26.4. The van der Waals surface area contributed by atoms with Gasteiger partial charge in [-0.1, -0.05) is 31.2 Å². The summed E-state index contributed by atoms with van der Waals surface area (Å²) in [5.41, 5.74) is 5.79. The van der Waals surface area contributed by atoms with Gasteiger partial charge in [-0.25, -0.2) is 4.68 Å². The number of anilines is 1. The molecule has 236 valence electrons. The van der Waals surface area contributed by atoms with Crippen LogP contribution in [0, 0.1) is 5.92 Å². The van der Waals surface area contributed by atoms with Gasteiger partial charge in [0.1, 0.15) is 11.4 Å². The highest BCUT2D eigenvalue weighted by Gasteiger charge is 2.38. The third kappa shape index (κ3) is 6.57. The van der Waals surface area contributed by atoms with Crippen molar-refractivity contribution in [2.24, 2.45) is 5.92 Å². The highest BCUT2D eigenvalue weighted by atomic mass is 16.5. The van der Waals surface area contributed by atoms with Crippen molar-refractivity contribution in [1.82, 2.24) is 9.78 Å². The van der Waals surface area contributed by atoms with Crippen molar-refractivity contribution < 1.29 is 24.1 Å². The van der Waals surface area contributed by atoms with Crippen molar-refractivity contribution in [3.05, 3.63) is 95.3 Å². The van der Waals surface area contributed by atoms with Crippen LogP contribution in [-0.2, 0) is 12.8 Å². The average molecular weight is 610 g/mol. The molecular weight excluding hydrogens is 566 g/mol. The van der Waals surface area contributed by atoms with E-state index in [1.807, 2.05) is 65.6 Å². The number of hydrogen-bond acceptors (Lipinski definition) is 6. The molecule has 8 nitrogen and oxygen atoms in total. The molecule has 2 atom stereocenters. The second-order valence-corrected chi connectivity index (χ2v) is 12.0.